The van der Waals surface area contributed by atoms with Crippen LogP contribution in [0.15, 0.2) is 35.3 Å². The number of hydrogen-bond acceptors (Lipinski definition) is 5. The van der Waals surface area contributed by atoms with Crippen molar-refractivity contribution in [2.75, 3.05) is 5.75 Å². The molecule has 1 aliphatic carbocycles. The molecule has 1 fully saturated rings. The molecule has 0 aromatic carbocycles. The first kappa shape index (κ1) is 19.2. The summed E-state index contributed by atoms with van der Waals surface area (Å²) in [5.74, 6) is 1.39. The summed E-state index contributed by atoms with van der Waals surface area (Å²) >= 11 is 3.17. The molecule has 0 aliphatic heterocycles. The number of carbonyl (C=O) groups is 1. The van der Waals surface area contributed by atoms with Gasteiger partial charge in [0.2, 0.25) is 5.91 Å². The van der Waals surface area contributed by atoms with Gasteiger partial charge < -0.3 is 9.88 Å². The molecule has 26 heavy (non-hydrogen) atoms. The molecule has 0 radical (unpaired) electrons. The van der Waals surface area contributed by atoms with Crippen LogP contribution in [0.1, 0.15) is 49.2 Å². The maximum absolute atomic E-state index is 12.3. The Morgan fingerprint density at radius 1 is 1.35 bits per heavy atom. The van der Waals surface area contributed by atoms with Crippen LogP contribution in [0.2, 0.25) is 0 Å². The van der Waals surface area contributed by atoms with Gasteiger partial charge in [0.1, 0.15) is 5.82 Å². The molecule has 0 atom stereocenters. The zero-order chi connectivity index (χ0) is 18.2. The Morgan fingerprint density at radius 2 is 2.15 bits per heavy atom. The average molecular weight is 391 g/mol. The summed E-state index contributed by atoms with van der Waals surface area (Å²) in [5.41, 5.74) is 0. The van der Waals surface area contributed by atoms with Gasteiger partial charge in [-0.05, 0) is 24.3 Å². The molecule has 2 aromatic rings. The molecule has 1 saturated carbocycles. The van der Waals surface area contributed by atoms with Crippen LogP contribution >= 0.6 is 23.1 Å². The van der Waals surface area contributed by atoms with E-state index in [-0.39, 0.29) is 5.91 Å². The van der Waals surface area contributed by atoms with Crippen molar-refractivity contribution in [3.63, 3.8) is 0 Å². The van der Waals surface area contributed by atoms with Crippen molar-refractivity contribution in [2.24, 2.45) is 0 Å². The molecule has 0 saturated heterocycles. The van der Waals surface area contributed by atoms with Crippen molar-refractivity contribution in [2.45, 2.75) is 62.7 Å². The predicted octanol–water partition coefficient (Wildman–Crippen LogP) is 4.05. The van der Waals surface area contributed by atoms with Gasteiger partial charge in [0.25, 0.3) is 0 Å². The van der Waals surface area contributed by atoms with Crippen molar-refractivity contribution in [3.05, 3.63) is 40.9 Å². The quantitative estimate of drug-likeness (QED) is 0.420. The van der Waals surface area contributed by atoms with E-state index in [4.69, 9.17) is 0 Å². The zero-order valence-corrected chi connectivity index (χ0v) is 16.7. The maximum Gasteiger partial charge on any atom is 0.230 e. The number of rotatable bonds is 8. The SMILES string of the molecule is C=CCn1c(Cc2cccs2)nnc1SCC(=O)NC1CCCCCC1. The van der Waals surface area contributed by atoms with Crippen LogP contribution in [0.3, 0.4) is 0 Å². The number of nitrogens with one attached hydrogen (secondary N) is 1. The average Bonchev–Trinajstić information content (AvgIpc) is 3.20. The van der Waals surface area contributed by atoms with E-state index in [1.165, 1.54) is 42.3 Å². The second-order valence-corrected chi connectivity index (χ2v) is 8.57. The van der Waals surface area contributed by atoms with Crippen molar-refractivity contribution in [1.82, 2.24) is 20.1 Å². The molecule has 5 nitrogen and oxygen atoms in total. The van der Waals surface area contributed by atoms with E-state index < -0.39 is 0 Å². The molecule has 140 valence electrons. The number of hydrogen-bond donors (Lipinski definition) is 1. The number of thioether (sulfide) groups is 1. The standard InChI is InChI=1S/C19H26N4OS2/c1-2-11-23-17(13-16-10-7-12-25-16)21-22-19(23)26-14-18(24)20-15-8-5-3-4-6-9-15/h2,7,10,12,15H,1,3-6,8-9,11,13-14H2,(H,20,24). The highest BCUT2D eigenvalue weighted by Crippen LogP contribution is 2.21. The molecule has 0 bridgehead atoms. The van der Waals surface area contributed by atoms with Gasteiger partial charge in [-0.1, -0.05) is 49.6 Å². The minimum atomic E-state index is 0.0925. The van der Waals surface area contributed by atoms with E-state index >= 15 is 0 Å². The Bertz CT molecular complexity index is 703. The first-order valence-corrected chi connectivity index (χ1v) is 11.1. The fourth-order valence-electron chi connectivity index (χ4n) is 3.26. The Kier molecular flexibility index (Phi) is 7.32. The van der Waals surface area contributed by atoms with Gasteiger partial charge >= 0.3 is 0 Å². The molecule has 7 heteroatoms. The molecule has 0 spiro atoms. The van der Waals surface area contributed by atoms with E-state index in [1.54, 1.807) is 11.3 Å². The first-order valence-electron chi connectivity index (χ1n) is 9.24. The number of carbonyl (C=O) groups excluding carboxylic acids is 1. The first-order chi connectivity index (χ1) is 12.8. The smallest absolute Gasteiger partial charge is 0.230 e. The van der Waals surface area contributed by atoms with Gasteiger partial charge in [0, 0.05) is 23.9 Å². The minimum Gasteiger partial charge on any atom is -0.353 e. The van der Waals surface area contributed by atoms with Crippen molar-refractivity contribution < 1.29 is 4.79 Å². The van der Waals surface area contributed by atoms with Gasteiger partial charge in [-0.3, -0.25) is 4.79 Å². The van der Waals surface area contributed by atoms with E-state index in [0.717, 1.165) is 30.2 Å². The van der Waals surface area contributed by atoms with Crippen LogP contribution in [0.25, 0.3) is 0 Å². The summed E-state index contributed by atoms with van der Waals surface area (Å²) in [6.07, 6.45) is 9.83. The molecular weight excluding hydrogens is 364 g/mol. The van der Waals surface area contributed by atoms with Crippen molar-refractivity contribution in [1.29, 1.82) is 0 Å². The zero-order valence-electron chi connectivity index (χ0n) is 15.0. The molecular formula is C19H26N4OS2. The van der Waals surface area contributed by atoms with Gasteiger partial charge in [-0.25, -0.2) is 0 Å². The molecule has 1 N–H and O–H groups in total. The van der Waals surface area contributed by atoms with Crippen LogP contribution in [0.4, 0.5) is 0 Å². The third-order valence-electron chi connectivity index (χ3n) is 4.57. The third kappa shape index (κ3) is 5.45. The molecule has 0 unspecified atom stereocenters. The summed E-state index contributed by atoms with van der Waals surface area (Å²) in [6, 6.07) is 4.48. The molecule has 1 aliphatic rings. The second kappa shape index (κ2) is 9.92. The molecule has 2 aromatic heterocycles. The summed E-state index contributed by atoms with van der Waals surface area (Å²) in [6.45, 7) is 4.49. The van der Waals surface area contributed by atoms with Gasteiger partial charge in [0.15, 0.2) is 5.16 Å². The lowest BCUT2D eigenvalue weighted by atomic mass is 10.1. The highest BCUT2D eigenvalue weighted by atomic mass is 32.2. The summed E-state index contributed by atoms with van der Waals surface area (Å²) in [4.78, 5) is 13.6. The minimum absolute atomic E-state index is 0.0925. The topological polar surface area (TPSA) is 59.8 Å². The number of amides is 1. The molecule has 1 amide bonds. The van der Waals surface area contributed by atoms with Gasteiger partial charge in [-0.2, -0.15) is 0 Å². The summed E-state index contributed by atoms with van der Waals surface area (Å²) < 4.78 is 2.05. The van der Waals surface area contributed by atoms with E-state index in [2.05, 4.69) is 38.1 Å². The number of nitrogens with zero attached hydrogens (tertiary/aromatic N) is 3. The fourth-order valence-corrected chi connectivity index (χ4v) is 4.74. The highest BCUT2D eigenvalue weighted by molar-refractivity contribution is 7.99. The molecule has 2 heterocycles. The largest absolute Gasteiger partial charge is 0.353 e. The van der Waals surface area contributed by atoms with Crippen LogP contribution in [-0.2, 0) is 17.8 Å². The summed E-state index contributed by atoms with van der Waals surface area (Å²) in [5, 5.41) is 14.7. The Balaban J connectivity index is 1.57. The number of aromatic nitrogens is 3. The van der Waals surface area contributed by atoms with E-state index in [1.807, 2.05) is 12.1 Å². The Labute approximate surface area is 163 Å². The highest BCUT2D eigenvalue weighted by Gasteiger charge is 2.17. The van der Waals surface area contributed by atoms with Crippen LogP contribution in [-0.4, -0.2) is 32.5 Å². The lowest BCUT2D eigenvalue weighted by molar-refractivity contribution is -0.119. The predicted molar refractivity (Wildman–Crippen MR) is 108 cm³/mol. The van der Waals surface area contributed by atoms with Crippen LogP contribution in [0.5, 0.6) is 0 Å². The van der Waals surface area contributed by atoms with Crippen molar-refractivity contribution >= 4 is 29.0 Å². The normalized spacial score (nSPS) is 15.5. The second-order valence-electron chi connectivity index (χ2n) is 6.60. The summed E-state index contributed by atoms with van der Waals surface area (Å²) in [7, 11) is 0. The number of allylic oxidation sites excluding steroid dienone is 1. The fraction of sp³-hybridized carbons (Fsp3) is 0.526. The molecule has 3 rings (SSSR count). The lowest BCUT2D eigenvalue weighted by Crippen LogP contribution is -2.35. The maximum atomic E-state index is 12.3. The monoisotopic (exact) mass is 390 g/mol. The lowest BCUT2D eigenvalue weighted by Gasteiger charge is -2.16. The van der Waals surface area contributed by atoms with E-state index in [9.17, 15) is 4.79 Å². The van der Waals surface area contributed by atoms with Gasteiger partial charge in [-0.15, -0.1) is 28.1 Å². The Morgan fingerprint density at radius 3 is 2.85 bits per heavy atom. The van der Waals surface area contributed by atoms with Crippen LogP contribution < -0.4 is 5.32 Å². The number of thiophene rings is 1. The van der Waals surface area contributed by atoms with Crippen LogP contribution in [0, 0.1) is 0 Å². The Hall–Kier alpha value is -1.60. The van der Waals surface area contributed by atoms with E-state index in [0.29, 0.717) is 18.3 Å². The van der Waals surface area contributed by atoms with Crippen molar-refractivity contribution in [3.8, 4) is 0 Å². The van der Waals surface area contributed by atoms with Gasteiger partial charge in [0.05, 0.1) is 5.75 Å². The third-order valence-corrected chi connectivity index (χ3v) is 6.41.